The zero-order valence-electron chi connectivity index (χ0n) is 8.76. The predicted octanol–water partition coefficient (Wildman–Crippen LogP) is 4.69. The molecule has 1 aromatic heterocycles. The maximum Gasteiger partial charge on any atom is 0.279 e. The van der Waals surface area contributed by atoms with Gasteiger partial charge in [-0.15, -0.1) is 0 Å². The van der Waals surface area contributed by atoms with Crippen LogP contribution >= 0.6 is 33.9 Å². The molecule has 0 atom stereocenters. The van der Waals surface area contributed by atoms with Crippen molar-refractivity contribution in [3.8, 4) is 10.9 Å². The Kier molecular flexibility index (Phi) is 2.98. The minimum absolute atomic E-state index is 0.688. The van der Waals surface area contributed by atoms with Crippen LogP contribution in [-0.2, 0) is 0 Å². The van der Waals surface area contributed by atoms with Crippen molar-refractivity contribution in [1.29, 1.82) is 0 Å². The van der Waals surface area contributed by atoms with Gasteiger partial charge in [-0.05, 0) is 52.9 Å². The summed E-state index contributed by atoms with van der Waals surface area (Å²) in [6.45, 7) is 0. The van der Waals surface area contributed by atoms with Gasteiger partial charge in [-0.1, -0.05) is 29.5 Å². The topological polar surface area (TPSA) is 22.1 Å². The second-order valence-corrected chi connectivity index (χ2v) is 5.75. The Morgan fingerprint density at radius 3 is 2.76 bits per heavy atom. The molecule has 0 saturated carbocycles. The molecule has 0 unspecified atom stereocenters. The van der Waals surface area contributed by atoms with Gasteiger partial charge in [-0.3, -0.25) is 0 Å². The number of benzene rings is 2. The minimum atomic E-state index is 0.688. The fourth-order valence-electron chi connectivity index (χ4n) is 1.53. The van der Waals surface area contributed by atoms with Crippen molar-refractivity contribution < 1.29 is 4.74 Å². The van der Waals surface area contributed by atoms with Gasteiger partial charge in [-0.25, -0.2) is 4.98 Å². The number of aromatic nitrogens is 1. The summed E-state index contributed by atoms with van der Waals surface area (Å²) in [5.74, 6) is 0.830. The Labute approximate surface area is 116 Å². The van der Waals surface area contributed by atoms with Gasteiger partial charge in [0.2, 0.25) is 0 Å². The summed E-state index contributed by atoms with van der Waals surface area (Å²) in [6.07, 6.45) is 0. The Bertz CT molecular complexity index is 632. The molecule has 2 nitrogen and oxygen atoms in total. The number of nitrogens with zero attached hydrogens (tertiary/aromatic N) is 1. The SMILES string of the molecule is Ic1cccc(Oc2nc3ccccc3s2)c1. The molecule has 0 radical (unpaired) electrons. The first kappa shape index (κ1) is 11.0. The molecule has 4 heteroatoms. The van der Waals surface area contributed by atoms with Crippen molar-refractivity contribution in [2.24, 2.45) is 0 Å². The molecule has 3 rings (SSSR count). The summed E-state index contributed by atoms with van der Waals surface area (Å²) < 4.78 is 8.05. The lowest BCUT2D eigenvalue weighted by Gasteiger charge is -2.00. The normalized spacial score (nSPS) is 10.6. The van der Waals surface area contributed by atoms with Crippen LogP contribution in [0.2, 0.25) is 0 Å². The third-order valence-corrected chi connectivity index (χ3v) is 3.86. The van der Waals surface area contributed by atoms with Crippen molar-refractivity contribution >= 4 is 44.1 Å². The van der Waals surface area contributed by atoms with Gasteiger partial charge in [0, 0.05) is 3.57 Å². The summed E-state index contributed by atoms with van der Waals surface area (Å²) in [6, 6.07) is 16.0. The molecule has 0 aliphatic heterocycles. The van der Waals surface area contributed by atoms with E-state index < -0.39 is 0 Å². The number of fused-ring (bicyclic) bond motifs is 1. The second-order valence-electron chi connectivity index (χ2n) is 3.51. The van der Waals surface area contributed by atoms with E-state index in [-0.39, 0.29) is 0 Å². The molecule has 3 aromatic rings. The van der Waals surface area contributed by atoms with Crippen LogP contribution in [0.25, 0.3) is 10.2 Å². The van der Waals surface area contributed by atoms with Crippen LogP contribution in [0.4, 0.5) is 0 Å². The number of halogens is 1. The highest BCUT2D eigenvalue weighted by Gasteiger charge is 2.05. The van der Waals surface area contributed by atoms with Crippen LogP contribution in [0, 0.1) is 3.57 Å². The highest BCUT2D eigenvalue weighted by molar-refractivity contribution is 14.1. The van der Waals surface area contributed by atoms with Crippen LogP contribution in [0.1, 0.15) is 0 Å². The number of para-hydroxylation sites is 1. The van der Waals surface area contributed by atoms with Crippen LogP contribution in [-0.4, -0.2) is 4.98 Å². The first-order chi connectivity index (χ1) is 8.31. The minimum Gasteiger partial charge on any atom is -0.431 e. The molecule has 0 saturated heterocycles. The van der Waals surface area contributed by atoms with Crippen LogP contribution in [0.5, 0.6) is 10.9 Å². The molecule has 17 heavy (non-hydrogen) atoms. The van der Waals surface area contributed by atoms with Gasteiger partial charge in [0.15, 0.2) is 0 Å². The van der Waals surface area contributed by atoms with E-state index in [4.69, 9.17) is 4.74 Å². The molecule has 0 N–H and O–H groups in total. The Morgan fingerprint density at radius 2 is 1.94 bits per heavy atom. The van der Waals surface area contributed by atoms with Crippen LogP contribution in [0.3, 0.4) is 0 Å². The molecule has 0 bridgehead atoms. The van der Waals surface area contributed by atoms with Crippen molar-refractivity contribution in [2.75, 3.05) is 0 Å². The number of hydrogen-bond acceptors (Lipinski definition) is 3. The summed E-state index contributed by atoms with van der Waals surface area (Å²) >= 11 is 3.83. The Hall–Kier alpha value is -1.14. The molecule has 1 heterocycles. The molecule has 0 aliphatic rings. The summed E-state index contributed by atoms with van der Waals surface area (Å²) in [7, 11) is 0. The zero-order chi connectivity index (χ0) is 11.7. The summed E-state index contributed by atoms with van der Waals surface area (Å²) in [5, 5.41) is 0.688. The first-order valence-electron chi connectivity index (χ1n) is 5.10. The summed E-state index contributed by atoms with van der Waals surface area (Å²) in [4.78, 5) is 4.43. The molecule has 0 amide bonds. The van der Waals surface area contributed by atoms with Gasteiger partial charge >= 0.3 is 0 Å². The number of hydrogen-bond donors (Lipinski definition) is 0. The monoisotopic (exact) mass is 353 g/mol. The van der Waals surface area contributed by atoms with Gasteiger partial charge < -0.3 is 4.74 Å². The average molecular weight is 353 g/mol. The molecular formula is C13H8INOS. The zero-order valence-corrected chi connectivity index (χ0v) is 11.7. The third-order valence-electron chi connectivity index (χ3n) is 2.28. The number of ether oxygens (including phenoxy) is 1. The van der Waals surface area contributed by atoms with Crippen molar-refractivity contribution in [3.05, 3.63) is 52.1 Å². The van der Waals surface area contributed by atoms with E-state index in [0.717, 1.165) is 19.5 Å². The molecule has 84 valence electrons. The van der Waals surface area contributed by atoms with E-state index in [9.17, 15) is 0 Å². The van der Waals surface area contributed by atoms with Gasteiger partial charge in [0.1, 0.15) is 5.75 Å². The average Bonchev–Trinajstić information content (AvgIpc) is 2.71. The largest absolute Gasteiger partial charge is 0.431 e. The fraction of sp³-hybridized carbons (Fsp3) is 0. The molecule has 0 aliphatic carbocycles. The number of rotatable bonds is 2. The smallest absolute Gasteiger partial charge is 0.279 e. The maximum absolute atomic E-state index is 5.75. The third kappa shape index (κ3) is 2.42. The van der Waals surface area contributed by atoms with Gasteiger partial charge in [0.25, 0.3) is 5.19 Å². The van der Waals surface area contributed by atoms with E-state index in [1.54, 1.807) is 11.3 Å². The lowest BCUT2D eigenvalue weighted by molar-refractivity contribution is 0.480. The van der Waals surface area contributed by atoms with Crippen molar-refractivity contribution in [2.45, 2.75) is 0 Å². The van der Waals surface area contributed by atoms with Gasteiger partial charge in [0.05, 0.1) is 10.2 Å². The van der Waals surface area contributed by atoms with Crippen LogP contribution in [0.15, 0.2) is 48.5 Å². The maximum atomic E-state index is 5.75. The molecule has 0 spiro atoms. The first-order valence-corrected chi connectivity index (χ1v) is 7.00. The van der Waals surface area contributed by atoms with E-state index in [1.165, 1.54) is 0 Å². The standard InChI is InChI=1S/C13H8INOS/c14-9-4-3-5-10(8-9)16-13-15-11-6-1-2-7-12(11)17-13/h1-8H. The highest BCUT2D eigenvalue weighted by Crippen LogP contribution is 2.31. The van der Waals surface area contributed by atoms with E-state index >= 15 is 0 Å². The Balaban J connectivity index is 1.94. The van der Waals surface area contributed by atoms with Crippen molar-refractivity contribution in [1.82, 2.24) is 4.98 Å². The van der Waals surface area contributed by atoms with E-state index in [0.29, 0.717) is 5.19 Å². The van der Waals surface area contributed by atoms with Gasteiger partial charge in [-0.2, -0.15) is 0 Å². The lowest BCUT2D eigenvalue weighted by atomic mass is 10.3. The lowest BCUT2D eigenvalue weighted by Crippen LogP contribution is -1.82. The molecule has 2 aromatic carbocycles. The van der Waals surface area contributed by atoms with Crippen molar-refractivity contribution in [3.63, 3.8) is 0 Å². The molecule has 0 fully saturated rings. The second kappa shape index (κ2) is 4.62. The van der Waals surface area contributed by atoms with E-state index in [2.05, 4.69) is 33.6 Å². The predicted molar refractivity (Wildman–Crippen MR) is 78.9 cm³/mol. The highest BCUT2D eigenvalue weighted by atomic mass is 127. The fourth-order valence-corrected chi connectivity index (χ4v) is 2.88. The van der Waals surface area contributed by atoms with Crippen LogP contribution < -0.4 is 4.74 Å². The quantitative estimate of drug-likeness (QED) is 0.624. The summed E-state index contributed by atoms with van der Waals surface area (Å²) in [5.41, 5.74) is 0.984. The van der Waals surface area contributed by atoms with E-state index in [1.807, 2.05) is 42.5 Å². The number of thiazole rings is 1. The Morgan fingerprint density at radius 1 is 1.06 bits per heavy atom. The molecular weight excluding hydrogens is 345 g/mol.